The molecule has 0 aromatic heterocycles. The molecule has 0 unspecified atom stereocenters. The zero-order chi connectivity index (χ0) is 11.7. The SMILES string of the molecule is CO[C@H](C)OCC[C@@H](C)CCC=C(C)C. The zero-order valence-electron chi connectivity index (χ0n) is 10.9. The molecular weight excluding hydrogens is 188 g/mol. The Morgan fingerprint density at radius 3 is 2.40 bits per heavy atom. The van der Waals surface area contributed by atoms with E-state index in [1.807, 2.05) is 6.92 Å². The first-order valence-electron chi connectivity index (χ1n) is 5.84. The highest BCUT2D eigenvalue weighted by atomic mass is 16.7. The van der Waals surface area contributed by atoms with Gasteiger partial charge < -0.3 is 9.47 Å². The molecule has 0 spiro atoms. The van der Waals surface area contributed by atoms with Crippen LogP contribution in [0.15, 0.2) is 11.6 Å². The monoisotopic (exact) mass is 214 g/mol. The van der Waals surface area contributed by atoms with Crippen LogP contribution in [0.25, 0.3) is 0 Å². The van der Waals surface area contributed by atoms with Crippen LogP contribution in [0.3, 0.4) is 0 Å². The normalized spacial score (nSPS) is 14.7. The summed E-state index contributed by atoms with van der Waals surface area (Å²) in [6.07, 6.45) is 5.77. The Hall–Kier alpha value is -0.340. The lowest BCUT2D eigenvalue weighted by molar-refractivity contribution is -0.113. The maximum atomic E-state index is 5.45. The van der Waals surface area contributed by atoms with E-state index in [1.54, 1.807) is 7.11 Å². The molecule has 0 aromatic rings. The molecule has 0 aliphatic rings. The molecule has 0 fully saturated rings. The Labute approximate surface area is 94.7 Å². The first kappa shape index (κ1) is 14.7. The van der Waals surface area contributed by atoms with Crippen LogP contribution in [-0.2, 0) is 9.47 Å². The minimum absolute atomic E-state index is 0.0741. The summed E-state index contributed by atoms with van der Waals surface area (Å²) in [5, 5.41) is 0. The van der Waals surface area contributed by atoms with Gasteiger partial charge in [-0.05, 0) is 46.0 Å². The van der Waals surface area contributed by atoms with Gasteiger partial charge in [-0.2, -0.15) is 0 Å². The predicted octanol–water partition coefficient (Wildman–Crippen LogP) is 3.77. The molecule has 0 saturated heterocycles. The Morgan fingerprint density at radius 2 is 1.87 bits per heavy atom. The third-order valence-corrected chi connectivity index (χ3v) is 2.51. The van der Waals surface area contributed by atoms with Crippen LogP contribution >= 0.6 is 0 Å². The molecular formula is C13H26O2. The van der Waals surface area contributed by atoms with E-state index in [-0.39, 0.29) is 6.29 Å². The van der Waals surface area contributed by atoms with Gasteiger partial charge in [-0.3, -0.25) is 0 Å². The Balaban J connectivity index is 3.41. The number of hydrogen-bond acceptors (Lipinski definition) is 2. The fraction of sp³-hybridized carbons (Fsp3) is 0.846. The van der Waals surface area contributed by atoms with Crippen molar-refractivity contribution >= 4 is 0 Å². The second kappa shape index (κ2) is 8.93. The number of rotatable bonds is 8. The van der Waals surface area contributed by atoms with Gasteiger partial charge in [-0.1, -0.05) is 18.6 Å². The lowest BCUT2D eigenvalue weighted by atomic mass is 10.0. The Bertz CT molecular complexity index is 171. The molecule has 0 aliphatic heterocycles. The summed E-state index contributed by atoms with van der Waals surface area (Å²) in [5.41, 5.74) is 1.41. The second-order valence-electron chi connectivity index (χ2n) is 4.43. The van der Waals surface area contributed by atoms with Crippen molar-refractivity contribution in [2.24, 2.45) is 5.92 Å². The zero-order valence-corrected chi connectivity index (χ0v) is 10.9. The molecule has 2 heteroatoms. The van der Waals surface area contributed by atoms with Crippen molar-refractivity contribution in [3.8, 4) is 0 Å². The standard InChI is InChI=1S/C13H26O2/c1-11(2)7-6-8-12(3)9-10-15-13(4)14-5/h7,12-13H,6,8-10H2,1-5H3/t12-,13-/m0/s1. The van der Waals surface area contributed by atoms with Crippen molar-refractivity contribution in [2.45, 2.75) is 53.2 Å². The average molecular weight is 214 g/mol. The number of hydrogen-bond donors (Lipinski definition) is 0. The van der Waals surface area contributed by atoms with E-state index in [0.29, 0.717) is 0 Å². The smallest absolute Gasteiger partial charge is 0.154 e. The third kappa shape index (κ3) is 9.95. The van der Waals surface area contributed by atoms with Gasteiger partial charge in [0, 0.05) is 13.7 Å². The van der Waals surface area contributed by atoms with Crippen LogP contribution in [-0.4, -0.2) is 20.0 Å². The summed E-state index contributed by atoms with van der Waals surface area (Å²) in [7, 11) is 1.67. The Kier molecular flexibility index (Phi) is 8.73. The largest absolute Gasteiger partial charge is 0.356 e. The van der Waals surface area contributed by atoms with Crippen LogP contribution in [0.1, 0.15) is 47.0 Å². The van der Waals surface area contributed by atoms with E-state index in [0.717, 1.165) is 18.9 Å². The summed E-state index contributed by atoms with van der Waals surface area (Å²) in [4.78, 5) is 0. The minimum atomic E-state index is -0.0741. The van der Waals surface area contributed by atoms with Crippen molar-refractivity contribution in [1.82, 2.24) is 0 Å². The highest BCUT2D eigenvalue weighted by Crippen LogP contribution is 2.12. The van der Waals surface area contributed by atoms with Gasteiger partial charge in [0.25, 0.3) is 0 Å². The van der Waals surface area contributed by atoms with Gasteiger partial charge in [-0.25, -0.2) is 0 Å². The average Bonchev–Trinajstić information content (AvgIpc) is 2.17. The first-order valence-corrected chi connectivity index (χ1v) is 5.84. The van der Waals surface area contributed by atoms with Gasteiger partial charge >= 0.3 is 0 Å². The summed E-state index contributed by atoms with van der Waals surface area (Å²) in [5.74, 6) is 0.727. The van der Waals surface area contributed by atoms with E-state index >= 15 is 0 Å². The van der Waals surface area contributed by atoms with Gasteiger partial charge in [0.2, 0.25) is 0 Å². The topological polar surface area (TPSA) is 18.5 Å². The fourth-order valence-corrected chi connectivity index (χ4v) is 1.30. The van der Waals surface area contributed by atoms with Crippen LogP contribution in [0, 0.1) is 5.92 Å². The van der Waals surface area contributed by atoms with E-state index in [2.05, 4.69) is 26.8 Å². The first-order chi connectivity index (χ1) is 7.06. The molecule has 0 aliphatic carbocycles. The lowest BCUT2D eigenvalue weighted by Crippen LogP contribution is -2.12. The van der Waals surface area contributed by atoms with Gasteiger partial charge in [0.15, 0.2) is 6.29 Å². The maximum Gasteiger partial charge on any atom is 0.154 e. The van der Waals surface area contributed by atoms with E-state index in [4.69, 9.17) is 9.47 Å². The predicted molar refractivity (Wildman–Crippen MR) is 64.9 cm³/mol. The molecule has 0 rings (SSSR count). The number of allylic oxidation sites excluding steroid dienone is 2. The number of ether oxygens (including phenoxy) is 2. The fourth-order valence-electron chi connectivity index (χ4n) is 1.30. The van der Waals surface area contributed by atoms with E-state index < -0.39 is 0 Å². The van der Waals surface area contributed by atoms with Gasteiger partial charge in [-0.15, -0.1) is 0 Å². The molecule has 90 valence electrons. The molecule has 15 heavy (non-hydrogen) atoms. The van der Waals surface area contributed by atoms with Crippen molar-refractivity contribution in [2.75, 3.05) is 13.7 Å². The molecule has 0 amide bonds. The molecule has 2 atom stereocenters. The van der Waals surface area contributed by atoms with Crippen molar-refractivity contribution in [3.05, 3.63) is 11.6 Å². The molecule has 0 saturated carbocycles. The quantitative estimate of drug-likeness (QED) is 0.452. The molecule has 0 radical (unpaired) electrons. The lowest BCUT2D eigenvalue weighted by Gasteiger charge is -2.14. The van der Waals surface area contributed by atoms with Crippen molar-refractivity contribution < 1.29 is 9.47 Å². The van der Waals surface area contributed by atoms with Gasteiger partial charge in [0.05, 0.1) is 0 Å². The maximum absolute atomic E-state index is 5.45. The molecule has 0 heterocycles. The van der Waals surface area contributed by atoms with Gasteiger partial charge in [0.1, 0.15) is 0 Å². The summed E-state index contributed by atoms with van der Waals surface area (Å²) < 4.78 is 10.5. The van der Waals surface area contributed by atoms with Crippen molar-refractivity contribution in [1.29, 1.82) is 0 Å². The molecule has 0 N–H and O–H groups in total. The second-order valence-corrected chi connectivity index (χ2v) is 4.43. The van der Waals surface area contributed by atoms with Crippen LogP contribution < -0.4 is 0 Å². The minimum Gasteiger partial charge on any atom is -0.356 e. The van der Waals surface area contributed by atoms with Crippen LogP contribution in [0.5, 0.6) is 0 Å². The van der Waals surface area contributed by atoms with Crippen LogP contribution in [0.4, 0.5) is 0 Å². The Morgan fingerprint density at radius 1 is 1.20 bits per heavy atom. The highest BCUT2D eigenvalue weighted by molar-refractivity contribution is 4.92. The molecule has 0 aromatic carbocycles. The third-order valence-electron chi connectivity index (χ3n) is 2.51. The highest BCUT2D eigenvalue weighted by Gasteiger charge is 2.03. The summed E-state index contributed by atoms with van der Waals surface area (Å²) in [6.45, 7) is 9.29. The molecule has 0 bridgehead atoms. The summed E-state index contributed by atoms with van der Waals surface area (Å²) >= 11 is 0. The van der Waals surface area contributed by atoms with Crippen molar-refractivity contribution in [3.63, 3.8) is 0 Å². The summed E-state index contributed by atoms with van der Waals surface area (Å²) in [6, 6.07) is 0. The van der Waals surface area contributed by atoms with E-state index in [9.17, 15) is 0 Å². The van der Waals surface area contributed by atoms with Crippen LogP contribution in [0.2, 0.25) is 0 Å². The van der Waals surface area contributed by atoms with E-state index in [1.165, 1.54) is 18.4 Å². The number of methoxy groups -OCH3 is 1. The molecule has 2 nitrogen and oxygen atoms in total.